The number of nitriles is 1. The summed E-state index contributed by atoms with van der Waals surface area (Å²) in [4.78, 5) is 17.7. The van der Waals surface area contributed by atoms with Crippen molar-refractivity contribution in [2.24, 2.45) is 5.73 Å². The van der Waals surface area contributed by atoms with Crippen molar-refractivity contribution in [1.82, 2.24) is 19.9 Å². The van der Waals surface area contributed by atoms with Gasteiger partial charge in [-0.25, -0.2) is 19.9 Å². The molecule has 150 valence electrons. The van der Waals surface area contributed by atoms with Crippen molar-refractivity contribution < 1.29 is 4.74 Å². The van der Waals surface area contributed by atoms with Gasteiger partial charge in [0.05, 0.1) is 24.4 Å². The second kappa shape index (κ2) is 7.97. The normalized spacial score (nSPS) is 12.4. The molecule has 3 aromatic rings. The van der Waals surface area contributed by atoms with Crippen molar-refractivity contribution >= 4 is 22.4 Å². The molecule has 8 heteroatoms. The summed E-state index contributed by atoms with van der Waals surface area (Å²) >= 11 is 0. The first-order valence-corrected chi connectivity index (χ1v) is 9.44. The van der Waals surface area contributed by atoms with Crippen LogP contribution in [-0.2, 0) is 5.54 Å². The number of anilines is 2. The van der Waals surface area contributed by atoms with Gasteiger partial charge < -0.3 is 15.8 Å². The Labute approximate surface area is 170 Å². The van der Waals surface area contributed by atoms with E-state index in [4.69, 9.17) is 10.5 Å². The van der Waals surface area contributed by atoms with Gasteiger partial charge in [0, 0.05) is 23.9 Å². The molecule has 0 saturated heterocycles. The molecule has 0 fully saturated rings. The zero-order chi connectivity index (χ0) is 21.2. The molecule has 0 aliphatic heterocycles. The Morgan fingerprint density at radius 3 is 2.55 bits per heavy atom. The summed E-state index contributed by atoms with van der Waals surface area (Å²) in [6, 6.07) is 4.01. The van der Waals surface area contributed by atoms with E-state index in [-0.39, 0.29) is 5.92 Å². The third-order valence-corrected chi connectivity index (χ3v) is 4.86. The fourth-order valence-corrected chi connectivity index (χ4v) is 3.07. The van der Waals surface area contributed by atoms with Crippen LogP contribution in [0.15, 0.2) is 24.7 Å². The number of aromatic nitrogens is 4. The molecule has 1 atom stereocenters. The van der Waals surface area contributed by atoms with Crippen LogP contribution in [-0.4, -0.2) is 27.0 Å². The van der Waals surface area contributed by atoms with Gasteiger partial charge in [0.15, 0.2) is 5.69 Å². The number of hydrogen-bond acceptors (Lipinski definition) is 8. The largest absolute Gasteiger partial charge is 0.481 e. The minimum atomic E-state index is -0.589. The maximum atomic E-state index is 9.30. The van der Waals surface area contributed by atoms with Gasteiger partial charge in [0.25, 0.3) is 0 Å². The van der Waals surface area contributed by atoms with Crippen LogP contribution in [0.2, 0.25) is 0 Å². The highest BCUT2D eigenvalue weighted by atomic mass is 16.5. The number of pyridine rings is 2. The van der Waals surface area contributed by atoms with Crippen molar-refractivity contribution in [3.8, 4) is 11.9 Å². The van der Waals surface area contributed by atoms with E-state index in [2.05, 4.69) is 38.2 Å². The number of fused-ring (bicyclic) bond motifs is 1. The van der Waals surface area contributed by atoms with E-state index < -0.39 is 5.54 Å². The Morgan fingerprint density at radius 1 is 1.17 bits per heavy atom. The molecular formula is C21H25N7O. The molecule has 29 heavy (non-hydrogen) atoms. The zero-order valence-corrected chi connectivity index (χ0v) is 17.3. The zero-order valence-electron chi connectivity index (χ0n) is 17.3. The first kappa shape index (κ1) is 20.4. The van der Waals surface area contributed by atoms with Gasteiger partial charge in [-0.15, -0.1) is 0 Å². The van der Waals surface area contributed by atoms with Crippen LogP contribution in [0.25, 0.3) is 10.8 Å². The van der Waals surface area contributed by atoms with Gasteiger partial charge in [-0.3, -0.25) is 0 Å². The van der Waals surface area contributed by atoms with Gasteiger partial charge in [-0.2, -0.15) is 5.26 Å². The highest BCUT2D eigenvalue weighted by Gasteiger charge is 2.21. The molecule has 3 rings (SSSR count). The lowest BCUT2D eigenvalue weighted by atomic mass is 9.93. The first-order chi connectivity index (χ1) is 13.8. The third kappa shape index (κ3) is 4.10. The van der Waals surface area contributed by atoms with E-state index in [9.17, 15) is 5.26 Å². The number of nitrogens with one attached hydrogen (secondary N) is 1. The van der Waals surface area contributed by atoms with Crippen LogP contribution in [0.1, 0.15) is 57.0 Å². The van der Waals surface area contributed by atoms with Gasteiger partial charge >= 0.3 is 0 Å². The molecule has 0 saturated carbocycles. The summed E-state index contributed by atoms with van der Waals surface area (Å²) < 4.78 is 5.37. The smallest absolute Gasteiger partial charge is 0.222 e. The number of nitrogens with two attached hydrogens (primary N) is 1. The highest BCUT2D eigenvalue weighted by Crippen LogP contribution is 2.32. The molecule has 0 spiro atoms. The molecule has 8 nitrogen and oxygen atoms in total. The van der Waals surface area contributed by atoms with E-state index in [1.165, 1.54) is 6.20 Å². The molecule has 3 aromatic heterocycles. The Hall–Kier alpha value is -3.31. The Bertz CT molecular complexity index is 1080. The minimum absolute atomic E-state index is 0.128. The second-order valence-corrected chi connectivity index (χ2v) is 7.55. The van der Waals surface area contributed by atoms with Crippen LogP contribution < -0.4 is 15.8 Å². The minimum Gasteiger partial charge on any atom is -0.481 e. The summed E-state index contributed by atoms with van der Waals surface area (Å²) in [6.07, 6.45) is 5.83. The van der Waals surface area contributed by atoms with Crippen LogP contribution >= 0.6 is 0 Å². The standard InChI is InChI=1S/C21H25N7O/c1-6-12(2)19-16(8-22)24-11-18(28-19)27-17-7-13-14(9-25-17)20(29-5)26-10-15(13)21(3,4)23/h7,9-12H,6,23H2,1-5H3,(H,25,27,28)/t12-/m0/s1. The van der Waals surface area contributed by atoms with E-state index >= 15 is 0 Å². The number of rotatable bonds is 6. The lowest BCUT2D eigenvalue weighted by molar-refractivity contribution is 0.402. The number of methoxy groups -OCH3 is 1. The topological polar surface area (TPSA) is 123 Å². The van der Waals surface area contributed by atoms with E-state index in [0.717, 1.165) is 22.8 Å². The predicted molar refractivity (Wildman–Crippen MR) is 112 cm³/mol. The van der Waals surface area contributed by atoms with Crippen molar-refractivity contribution in [2.75, 3.05) is 12.4 Å². The van der Waals surface area contributed by atoms with E-state index in [1.807, 2.05) is 26.8 Å². The van der Waals surface area contributed by atoms with Gasteiger partial charge in [0.2, 0.25) is 5.88 Å². The monoisotopic (exact) mass is 391 g/mol. The van der Waals surface area contributed by atoms with E-state index in [0.29, 0.717) is 28.9 Å². The molecule has 3 N–H and O–H groups in total. The SMILES string of the molecule is CC[C@H](C)c1nc(Nc2cc3c(C(C)(C)N)cnc(OC)c3cn2)cnc1C#N. The summed E-state index contributed by atoms with van der Waals surface area (Å²) in [6.45, 7) is 7.93. The molecule has 0 aliphatic carbocycles. The summed E-state index contributed by atoms with van der Waals surface area (Å²) in [7, 11) is 1.57. The maximum absolute atomic E-state index is 9.30. The fourth-order valence-electron chi connectivity index (χ4n) is 3.07. The quantitative estimate of drug-likeness (QED) is 0.651. The summed E-state index contributed by atoms with van der Waals surface area (Å²) in [5.74, 6) is 1.74. The fraction of sp³-hybridized carbons (Fsp3) is 0.381. The Kier molecular flexibility index (Phi) is 5.62. The number of hydrogen-bond donors (Lipinski definition) is 2. The van der Waals surface area contributed by atoms with Crippen molar-refractivity contribution in [2.45, 2.75) is 45.6 Å². The molecule has 0 amide bonds. The molecule has 0 bridgehead atoms. The average molecular weight is 391 g/mol. The molecule has 0 aromatic carbocycles. The maximum Gasteiger partial charge on any atom is 0.222 e. The van der Waals surface area contributed by atoms with Crippen LogP contribution in [0, 0.1) is 11.3 Å². The van der Waals surface area contributed by atoms with Crippen molar-refractivity contribution in [3.05, 3.63) is 41.6 Å². The predicted octanol–water partition coefficient (Wildman–Crippen LogP) is 3.75. The summed E-state index contributed by atoms with van der Waals surface area (Å²) in [5.41, 5.74) is 7.66. The van der Waals surface area contributed by atoms with Crippen molar-refractivity contribution in [3.63, 3.8) is 0 Å². The molecule has 0 unspecified atom stereocenters. The Balaban J connectivity index is 2.07. The Morgan fingerprint density at radius 2 is 1.93 bits per heavy atom. The summed E-state index contributed by atoms with van der Waals surface area (Å²) in [5, 5.41) is 14.2. The lowest BCUT2D eigenvalue weighted by Crippen LogP contribution is -2.29. The second-order valence-electron chi connectivity index (χ2n) is 7.55. The van der Waals surface area contributed by atoms with Gasteiger partial charge in [0.1, 0.15) is 17.7 Å². The van der Waals surface area contributed by atoms with Crippen molar-refractivity contribution in [1.29, 1.82) is 5.26 Å². The number of ether oxygens (including phenoxy) is 1. The molecule has 0 aliphatic rings. The first-order valence-electron chi connectivity index (χ1n) is 9.44. The number of nitrogens with zero attached hydrogens (tertiary/aromatic N) is 5. The highest BCUT2D eigenvalue weighted by molar-refractivity contribution is 5.91. The average Bonchev–Trinajstić information content (AvgIpc) is 2.71. The molecular weight excluding hydrogens is 366 g/mol. The molecule has 0 radical (unpaired) electrons. The van der Waals surface area contributed by atoms with Gasteiger partial charge in [-0.1, -0.05) is 13.8 Å². The van der Waals surface area contributed by atoms with Crippen LogP contribution in [0.3, 0.4) is 0 Å². The van der Waals surface area contributed by atoms with E-state index in [1.54, 1.807) is 19.5 Å². The lowest BCUT2D eigenvalue weighted by Gasteiger charge is -2.22. The van der Waals surface area contributed by atoms with Crippen LogP contribution in [0.5, 0.6) is 5.88 Å². The van der Waals surface area contributed by atoms with Gasteiger partial charge in [-0.05, 0) is 37.3 Å². The third-order valence-electron chi connectivity index (χ3n) is 4.86. The molecule has 3 heterocycles. The van der Waals surface area contributed by atoms with Crippen LogP contribution in [0.4, 0.5) is 11.6 Å².